The van der Waals surface area contributed by atoms with Gasteiger partial charge in [0.25, 0.3) is 0 Å². The number of amidine groups is 1. The van der Waals surface area contributed by atoms with Crippen LogP contribution in [0.2, 0.25) is 0 Å². The number of nitrogens with one attached hydrogen (secondary N) is 1. The first kappa shape index (κ1) is 1.22. The maximum absolute atomic E-state index is 7.09. The highest BCUT2D eigenvalue weighted by Gasteiger charge is 1.93. The van der Waals surface area contributed by atoms with Crippen LogP contribution in [-0.4, -0.2) is 18.8 Å². The SMILES string of the molecule is [2H]C1([2H])N=C(C)NC1([2H])[2H]. The van der Waals surface area contributed by atoms with Gasteiger partial charge in [0.2, 0.25) is 0 Å². The molecule has 0 saturated heterocycles. The molecule has 1 aliphatic rings. The average molecular weight is 88.1 g/mol. The molecule has 0 amide bonds. The maximum Gasteiger partial charge on any atom is 0.0933 e. The monoisotopic (exact) mass is 88.1 g/mol. The molecule has 1 aliphatic heterocycles. The molecule has 2 nitrogen and oxygen atoms in total. The van der Waals surface area contributed by atoms with Crippen molar-refractivity contribution >= 4 is 5.84 Å². The minimum Gasteiger partial charge on any atom is -0.372 e. The highest BCUT2D eigenvalue weighted by molar-refractivity contribution is 5.80. The summed E-state index contributed by atoms with van der Waals surface area (Å²) in [6.45, 7) is -2.66. The summed E-state index contributed by atoms with van der Waals surface area (Å²) in [4.78, 5) is 3.44. The number of nitrogens with zero attached hydrogens (tertiary/aromatic N) is 1. The zero-order valence-electron chi connectivity index (χ0n) is 7.45. The summed E-state index contributed by atoms with van der Waals surface area (Å²) < 4.78 is 28.3. The van der Waals surface area contributed by atoms with Crippen molar-refractivity contribution in [3.05, 3.63) is 0 Å². The Morgan fingerprint density at radius 3 is 3.17 bits per heavy atom. The smallest absolute Gasteiger partial charge is 0.0933 e. The molecule has 0 aromatic heterocycles. The fourth-order valence-electron chi connectivity index (χ4n) is 0.258. The lowest BCUT2D eigenvalue weighted by Crippen LogP contribution is -2.13. The van der Waals surface area contributed by atoms with Crippen molar-refractivity contribution in [3.63, 3.8) is 0 Å². The van der Waals surface area contributed by atoms with E-state index in [1.807, 2.05) is 0 Å². The Hall–Kier alpha value is -0.530. The van der Waals surface area contributed by atoms with Gasteiger partial charge in [0.05, 0.1) is 17.8 Å². The third kappa shape index (κ3) is 0.506. The first-order chi connectivity index (χ1) is 4.35. The second-order valence-corrected chi connectivity index (χ2v) is 1.06. The van der Waals surface area contributed by atoms with Crippen LogP contribution in [0.1, 0.15) is 12.4 Å². The van der Waals surface area contributed by atoms with Crippen LogP contribution in [0.15, 0.2) is 4.99 Å². The minimum atomic E-state index is -2.13. The Bertz CT molecular complexity index is 186. The van der Waals surface area contributed by atoms with Crippen molar-refractivity contribution in [2.75, 3.05) is 13.0 Å². The van der Waals surface area contributed by atoms with E-state index < -0.39 is 13.0 Å². The summed E-state index contributed by atoms with van der Waals surface area (Å²) in [6.07, 6.45) is 0. The van der Waals surface area contributed by atoms with E-state index in [0.717, 1.165) is 0 Å². The van der Waals surface area contributed by atoms with Gasteiger partial charge in [0.15, 0.2) is 0 Å². The molecule has 0 fully saturated rings. The lowest BCUT2D eigenvalue weighted by Gasteiger charge is -1.85. The van der Waals surface area contributed by atoms with Gasteiger partial charge in [-0.25, -0.2) is 0 Å². The Morgan fingerprint density at radius 1 is 2.17 bits per heavy atom. The zero-order chi connectivity index (χ0) is 7.99. The molecule has 0 spiro atoms. The van der Waals surface area contributed by atoms with E-state index in [2.05, 4.69) is 10.3 Å². The second-order valence-electron chi connectivity index (χ2n) is 1.06. The van der Waals surface area contributed by atoms with Crippen molar-refractivity contribution in [1.82, 2.24) is 5.32 Å². The molecule has 6 heavy (non-hydrogen) atoms. The number of aliphatic imine (C=N–C) groups is 1. The molecule has 0 aromatic rings. The number of hydrogen-bond donors (Lipinski definition) is 1. The summed E-state index contributed by atoms with van der Waals surface area (Å²) >= 11 is 0. The van der Waals surface area contributed by atoms with Crippen LogP contribution in [0.4, 0.5) is 0 Å². The summed E-state index contributed by atoms with van der Waals surface area (Å²) in [6, 6.07) is 0. The second kappa shape index (κ2) is 1.29. The van der Waals surface area contributed by atoms with Gasteiger partial charge < -0.3 is 5.32 Å². The molecule has 1 N–H and O–H groups in total. The van der Waals surface area contributed by atoms with E-state index in [4.69, 9.17) is 5.48 Å². The van der Waals surface area contributed by atoms with Gasteiger partial charge in [0, 0.05) is 6.50 Å². The molecule has 0 unspecified atom stereocenters. The molecule has 0 saturated carbocycles. The summed E-state index contributed by atoms with van der Waals surface area (Å²) in [5.74, 6) is 0.301. The molecule has 0 atom stereocenters. The molecular weight excluding hydrogens is 76.1 g/mol. The average Bonchev–Trinajstić information content (AvgIpc) is 1.73. The molecule has 0 bridgehead atoms. The van der Waals surface area contributed by atoms with Gasteiger partial charge in [-0.2, -0.15) is 0 Å². The summed E-state index contributed by atoms with van der Waals surface area (Å²) in [5, 5.41) is 2.29. The summed E-state index contributed by atoms with van der Waals surface area (Å²) in [7, 11) is 0. The van der Waals surface area contributed by atoms with E-state index in [9.17, 15) is 0 Å². The molecule has 0 aromatic carbocycles. The predicted octanol–water partition coefficient (Wildman–Crippen LogP) is 0.00800. The van der Waals surface area contributed by atoms with Crippen molar-refractivity contribution in [3.8, 4) is 0 Å². The van der Waals surface area contributed by atoms with Gasteiger partial charge in [-0.15, -0.1) is 0 Å². The van der Waals surface area contributed by atoms with Crippen molar-refractivity contribution in [1.29, 1.82) is 0 Å². The van der Waals surface area contributed by atoms with Gasteiger partial charge in [-0.3, -0.25) is 4.99 Å². The Balaban J connectivity index is 2.92. The highest BCUT2D eigenvalue weighted by atomic mass is 15.0. The van der Waals surface area contributed by atoms with Crippen LogP contribution >= 0.6 is 0 Å². The van der Waals surface area contributed by atoms with Crippen LogP contribution in [0.5, 0.6) is 0 Å². The number of hydrogen-bond acceptors (Lipinski definition) is 2. The quantitative estimate of drug-likeness (QED) is 0.443. The lowest BCUT2D eigenvalue weighted by atomic mass is 10.7. The Kier molecular flexibility index (Phi) is 0.261. The molecule has 1 heterocycles. The first-order valence-electron chi connectivity index (χ1n) is 3.70. The molecule has 2 heteroatoms. The van der Waals surface area contributed by atoms with Gasteiger partial charge in [0.1, 0.15) is 0 Å². The summed E-state index contributed by atoms with van der Waals surface area (Å²) in [5.41, 5.74) is 0. The Labute approximate surface area is 42.9 Å². The van der Waals surface area contributed by atoms with Gasteiger partial charge in [-0.05, 0) is 6.92 Å². The number of rotatable bonds is 0. The largest absolute Gasteiger partial charge is 0.372 e. The topological polar surface area (TPSA) is 24.4 Å². The minimum absolute atomic E-state index is 0.301. The molecule has 1 rings (SSSR count). The molecule has 0 radical (unpaired) electrons. The van der Waals surface area contributed by atoms with E-state index in [1.54, 1.807) is 0 Å². The van der Waals surface area contributed by atoms with E-state index in [-0.39, 0.29) is 0 Å². The molecule has 34 valence electrons. The van der Waals surface area contributed by atoms with Crippen LogP contribution < -0.4 is 5.32 Å². The van der Waals surface area contributed by atoms with Crippen molar-refractivity contribution in [2.24, 2.45) is 4.99 Å². The normalized spacial score (nSPS) is 46.5. The van der Waals surface area contributed by atoms with Crippen molar-refractivity contribution in [2.45, 2.75) is 6.92 Å². The van der Waals surface area contributed by atoms with Gasteiger partial charge in [-0.1, -0.05) is 0 Å². The third-order valence-electron chi connectivity index (χ3n) is 0.523. The third-order valence-corrected chi connectivity index (χ3v) is 0.523. The van der Waals surface area contributed by atoms with E-state index >= 15 is 0 Å². The first-order valence-corrected chi connectivity index (χ1v) is 1.70. The molecule has 0 aliphatic carbocycles. The van der Waals surface area contributed by atoms with E-state index in [1.165, 1.54) is 6.92 Å². The zero-order valence-corrected chi connectivity index (χ0v) is 3.45. The van der Waals surface area contributed by atoms with Crippen molar-refractivity contribution < 1.29 is 5.48 Å². The van der Waals surface area contributed by atoms with Gasteiger partial charge >= 0.3 is 0 Å². The van der Waals surface area contributed by atoms with Crippen LogP contribution in [0, 0.1) is 0 Å². The standard InChI is InChI=1S/C4H8N2/c1-4-5-2-3-6-4/h2-3H2,1H3,(H,5,6)/i2D2,3D2. The van der Waals surface area contributed by atoms with Crippen LogP contribution in [-0.2, 0) is 0 Å². The maximum atomic E-state index is 7.09. The van der Waals surface area contributed by atoms with Crippen LogP contribution in [0.3, 0.4) is 0 Å². The van der Waals surface area contributed by atoms with E-state index in [0.29, 0.717) is 5.84 Å². The molecular formula is C4H8N2. The fourth-order valence-corrected chi connectivity index (χ4v) is 0.258. The lowest BCUT2D eigenvalue weighted by molar-refractivity contribution is 0.958. The highest BCUT2D eigenvalue weighted by Crippen LogP contribution is 1.79. The predicted molar refractivity (Wildman–Crippen MR) is 26.0 cm³/mol. The van der Waals surface area contributed by atoms with Crippen LogP contribution in [0.25, 0.3) is 0 Å². The Morgan fingerprint density at radius 2 is 3.00 bits per heavy atom. The fraction of sp³-hybridized carbons (Fsp3) is 0.750.